The average Bonchev–Trinajstić information content (AvgIpc) is 2.08. The van der Waals surface area contributed by atoms with Gasteiger partial charge in [0.05, 0.1) is 12.2 Å². The SMILES string of the molecule is CNC1CC(N)C(O)C(O)C1O. The quantitative estimate of drug-likeness (QED) is 0.301. The Morgan fingerprint density at radius 3 is 2.25 bits per heavy atom. The number of nitrogens with one attached hydrogen (secondary N) is 1. The molecule has 6 N–H and O–H groups in total. The average molecular weight is 176 g/mol. The molecule has 0 saturated heterocycles. The van der Waals surface area contributed by atoms with Crippen molar-refractivity contribution in [1.82, 2.24) is 5.32 Å². The van der Waals surface area contributed by atoms with Gasteiger partial charge in [0.1, 0.15) is 6.10 Å². The zero-order valence-corrected chi connectivity index (χ0v) is 7.01. The molecule has 5 heteroatoms. The van der Waals surface area contributed by atoms with Crippen molar-refractivity contribution in [3.8, 4) is 0 Å². The Morgan fingerprint density at radius 1 is 1.17 bits per heavy atom. The van der Waals surface area contributed by atoms with Crippen LogP contribution in [0.15, 0.2) is 0 Å². The van der Waals surface area contributed by atoms with Crippen LogP contribution in [-0.4, -0.2) is 52.8 Å². The molecule has 0 aliphatic heterocycles. The minimum atomic E-state index is -1.15. The van der Waals surface area contributed by atoms with Crippen LogP contribution < -0.4 is 11.1 Å². The zero-order chi connectivity index (χ0) is 9.30. The smallest absolute Gasteiger partial charge is 0.109 e. The summed E-state index contributed by atoms with van der Waals surface area (Å²) < 4.78 is 0. The van der Waals surface area contributed by atoms with Gasteiger partial charge in [0.15, 0.2) is 0 Å². The van der Waals surface area contributed by atoms with Crippen LogP contribution in [0.3, 0.4) is 0 Å². The van der Waals surface area contributed by atoms with Crippen LogP contribution in [0.1, 0.15) is 6.42 Å². The maximum atomic E-state index is 9.40. The van der Waals surface area contributed by atoms with E-state index in [-0.39, 0.29) is 6.04 Å². The Labute approximate surface area is 71.2 Å². The predicted octanol–water partition coefficient (Wildman–Crippen LogP) is -2.61. The monoisotopic (exact) mass is 176 g/mol. The molecule has 0 spiro atoms. The van der Waals surface area contributed by atoms with Crippen molar-refractivity contribution in [3.05, 3.63) is 0 Å². The van der Waals surface area contributed by atoms with Gasteiger partial charge in [-0.2, -0.15) is 0 Å². The lowest BCUT2D eigenvalue weighted by Gasteiger charge is -2.38. The molecule has 1 aliphatic carbocycles. The number of nitrogens with two attached hydrogens (primary N) is 1. The number of rotatable bonds is 1. The summed E-state index contributed by atoms with van der Waals surface area (Å²) in [6.07, 6.45) is -2.64. The molecule has 0 amide bonds. The summed E-state index contributed by atoms with van der Waals surface area (Å²) in [5, 5.41) is 30.8. The van der Waals surface area contributed by atoms with Crippen LogP contribution in [0.4, 0.5) is 0 Å². The van der Waals surface area contributed by atoms with Crippen molar-refractivity contribution in [2.75, 3.05) is 7.05 Å². The largest absolute Gasteiger partial charge is 0.389 e. The maximum Gasteiger partial charge on any atom is 0.109 e. The Bertz CT molecular complexity index is 151. The molecular formula is C7H16N2O3. The van der Waals surface area contributed by atoms with E-state index in [9.17, 15) is 15.3 Å². The first-order chi connectivity index (χ1) is 5.57. The van der Waals surface area contributed by atoms with E-state index in [1.165, 1.54) is 0 Å². The lowest BCUT2D eigenvalue weighted by atomic mass is 9.84. The van der Waals surface area contributed by atoms with Crippen LogP contribution in [0.5, 0.6) is 0 Å². The van der Waals surface area contributed by atoms with E-state index >= 15 is 0 Å². The van der Waals surface area contributed by atoms with Crippen LogP contribution >= 0.6 is 0 Å². The standard InChI is InChI=1S/C7H16N2O3/c1-9-4-2-3(8)5(10)7(12)6(4)11/h3-7,9-12H,2,8H2,1H3. The van der Waals surface area contributed by atoms with E-state index in [0.717, 1.165) is 0 Å². The van der Waals surface area contributed by atoms with Crippen LogP contribution in [0.25, 0.3) is 0 Å². The molecule has 1 fully saturated rings. The summed E-state index contributed by atoms with van der Waals surface area (Å²) >= 11 is 0. The number of hydrogen-bond acceptors (Lipinski definition) is 5. The van der Waals surface area contributed by atoms with Gasteiger partial charge < -0.3 is 26.4 Å². The summed E-state index contributed by atoms with van der Waals surface area (Å²) in [7, 11) is 1.69. The fraction of sp³-hybridized carbons (Fsp3) is 1.00. The van der Waals surface area contributed by atoms with E-state index in [0.29, 0.717) is 6.42 Å². The zero-order valence-electron chi connectivity index (χ0n) is 7.01. The third kappa shape index (κ3) is 1.60. The first kappa shape index (κ1) is 9.88. The highest BCUT2D eigenvalue weighted by atomic mass is 16.4. The molecule has 0 aromatic heterocycles. The van der Waals surface area contributed by atoms with Crippen molar-refractivity contribution >= 4 is 0 Å². The number of aliphatic hydroxyl groups is 3. The predicted molar refractivity (Wildman–Crippen MR) is 43.5 cm³/mol. The molecule has 1 aliphatic rings. The van der Waals surface area contributed by atoms with Crippen molar-refractivity contribution in [2.45, 2.75) is 36.8 Å². The van der Waals surface area contributed by atoms with Gasteiger partial charge in [0.2, 0.25) is 0 Å². The van der Waals surface area contributed by atoms with Gasteiger partial charge in [-0.25, -0.2) is 0 Å². The Balaban J connectivity index is 2.63. The molecule has 0 aromatic carbocycles. The minimum absolute atomic E-state index is 0.238. The van der Waals surface area contributed by atoms with Crippen LogP contribution in [-0.2, 0) is 0 Å². The van der Waals surface area contributed by atoms with E-state index in [4.69, 9.17) is 5.73 Å². The Kier molecular flexibility index (Phi) is 3.03. The van der Waals surface area contributed by atoms with Crippen molar-refractivity contribution in [2.24, 2.45) is 5.73 Å². The lowest BCUT2D eigenvalue weighted by molar-refractivity contribution is -0.105. The fourth-order valence-electron chi connectivity index (χ4n) is 1.55. The molecule has 1 rings (SSSR count). The van der Waals surface area contributed by atoms with Gasteiger partial charge in [0.25, 0.3) is 0 Å². The highest BCUT2D eigenvalue weighted by Crippen LogP contribution is 2.18. The Hall–Kier alpha value is -0.200. The van der Waals surface area contributed by atoms with Gasteiger partial charge in [-0.3, -0.25) is 0 Å². The molecule has 5 unspecified atom stereocenters. The van der Waals surface area contributed by atoms with Gasteiger partial charge in [-0.1, -0.05) is 0 Å². The van der Waals surface area contributed by atoms with Gasteiger partial charge in [0, 0.05) is 12.1 Å². The highest BCUT2D eigenvalue weighted by Gasteiger charge is 2.40. The second-order valence-corrected chi connectivity index (χ2v) is 3.27. The highest BCUT2D eigenvalue weighted by molar-refractivity contribution is 4.97. The first-order valence-corrected chi connectivity index (χ1v) is 4.05. The minimum Gasteiger partial charge on any atom is -0.389 e. The molecule has 0 bridgehead atoms. The molecule has 72 valence electrons. The number of aliphatic hydroxyl groups excluding tert-OH is 3. The third-order valence-electron chi connectivity index (χ3n) is 2.45. The fourth-order valence-corrected chi connectivity index (χ4v) is 1.55. The topological polar surface area (TPSA) is 98.7 Å². The molecular weight excluding hydrogens is 160 g/mol. The van der Waals surface area contributed by atoms with Crippen LogP contribution in [0.2, 0.25) is 0 Å². The van der Waals surface area contributed by atoms with Gasteiger partial charge in [-0.05, 0) is 13.5 Å². The van der Waals surface area contributed by atoms with Gasteiger partial charge in [-0.15, -0.1) is 0 Å². The molecule has 5 atom stereocenters. The van der Waals surface area contributed by atoms with E-state index in [1.807, 2.05) is 0 Å². The first-order valence-electron chi connectivity index (χ1n) is 4.05. The van der Waals surface area contributed by atoms with E-state index in [2.05, 4.69) is 5.32 Å². The van der Waals surface area contributed by atoms with Gasteiger partial charge >= 0.3 is 0 Å². The summed E-state index contributed by atoms with van der Waals surface area (Å²) in [5.41, 5.74) is 5.54. The van der Waals surface area contributed by atoms with Crippen LogP contribution in [0, 0.1) is 0 Å². The second-order valence-electron chi connectivity index (χ2n) is 3.27. The molecule has 1 saturated carbocycles. The molecule has 0 heterocycles. The van der Waals surface area contributed by atoms with Crippen molar-refractivity contribution in [1.29, 1.82) is 0 Å². The summed E-state index contributed by atoms with van der Waals surface area (Å²) in [6.45, 7) is 0. The summed E-state index contributed by atoms with van der Waals surface area (Å²) in [6, 6.07) is -0.709. The maximum absolute atomic E-state index is 9.40. The second kappa shape index (κ2) is 3.68. The summed E-state index contributed by atoms with van der Waals surface area (Å²) in [5.74, 6) is 0. The Morgan fingerprint density at radius 2 is 1.75 bits per heavy atom. The van der Waals surface area contributed by atoms with Crippen molar-refractivity contribution < 1.29 is 15.3 Å². The summed E-state index contributed by atoms with van der Waals surface area (Å²) in [4.78, 5) is 0. The number of hydrogen-bond donors (Lipinski definition) is 5. The molecule has 0 radical (unpaired) electrons. The number of likely N-dealkylation sites (N-methyl/N-ethyl adjacent to an activating group) is 1. The third-order valence-corrected chi connectivity index (χ3v) is 2.45. The lowest BCUT2D eigenvalue weighted by Crippen LogP contribution is -2.61. The van der Waals surface area contributed by atoms with E-state index < -0.39 is 24.4 Å². The normalized spacial score (nSPS) is 49.2. The van der Waals surface area contributed by atoms with Crippen molar-refractivity contribution in [3.63, 3.8) is 0 Å². The molecule has 12 heavy (non-hydrogen) atoms. The molecule has 5 nitrogen and oxygen atoms in total. The molecule has 0 aromatic rings. The van der Waals surface area contributed by atoms with E-state index in [1.54, 1.807) is 7.05 Å².